The summed E-state index contributed by atoms with van der Waals surface area (Å²) in [6.45, 7) is 3.80. The molecule has 34 heavy (non-hydrogen) atoms. The molecule has 2 N–H and O–H groups in total. The highest BCUT2D eigenvalue weighted by Crippen LogP contribution is 2.24. The molecule has 0 radical (unpaired) electrons. The van der Waals surface area contributed by atoms with Crippen LogP contribution in [0.5, 0.6) is 17.2 Å². The molecule has 1 amide bonds. The van der Waals surface area contributed by atoms with Crippen LogP contribution in [0.4, 0.5) is 11.4 Å². The van der Waals surface area contributed by atoms with Gasteiger partial charge in [0.05, 0.1) is 18.8 Å². The zero-order chi connectivity index (χ0) is 23.8. The second-order valence-electron chi connectivity index (χ2n) is 7.84. The molecule has 6 heteroatoms. The van der Waals surface area contributed by atoms with Crippen molar-refractivity contribution in [3.05, 3.63) is 78.9 Å². The maximum Gasteiger partial charge on any atom is 0.243 e. The van der Waals surface area contributed by atoms with Gasteiger partial charge < -0.3 is 24.8 Å². The predicted octanol–water partition coefficient (Wildman–Crippen LogP) is 6.15. The lowest BCUT2D eigenvalue weighted by atomic mass is 10.2. The highest BCUT2D eigenvalue weighted by molar-refractivity contribution is 5.95. The van der Waals surface area contributed by atoms with E-state index in [1.165, 1.54) is 19.3 Å². The fraction of sp³-hybridized carbons (Fsp3) is 0.321. The van der Waals surface area contributed by atoms with E-state index >= 15 is 0 Å². The predicted molar refractivity (Wildman–Crippen MR) is 137 cm³/mol. The first kappa shape index (κ1) is 25.0. The summed E-state index contributed by atoms with van der Waals surface area (Å²) >= 11 is 0. The van der Waals surface area contributed by atoms with Crippen molar-refractivity contribution in [2.75, 3.05) is 37.0 Å². The third kappa shape index (κ3) is 9.06. The average Bonchev–Trinajstić information content (AvgIpc) is 2.87. The minimum absolute atomic E-state index is 0.130. The first-order valence-electron chi connectivity index (χ1n) is 11.9. The highest BCUT2D eigenvalue weighted by atomic mass is 16.5. The van der Waals surface area contributed by atoms with E-state index in [2.05, 4.69) is 17.6 Å². The minimum atomic E-state index is -0.164. The maximum absolute atomic E-state index is 12.5. The molecule has 0 bridgehead atoms. The van der Waals surface area contributed by atoms with Crippen LogP contribution in [-0.2, 0) is 4.79 Å². The van der Waals surface area contributed by atoms with Gasteiger partial charge in [-0.25, -0.2) is 0 Å². The van der Waals surface area contributed by atoms with Gasteiger partial charge in [0, 0.05) is 11.8 Å². The summed E-state index contributed by atoms with van der Waals surface area (Å²) in [6.07, 6.45) is 4.67. The van der Waals surface area contributed by atoms with Gasteiger partial charge in [-0.2, -0.15) is 0 Å². The fourth-order valence-corrected chi connectivity index (χ4v) is 3.32. The molecule has 3 aromatic carbocycles. The molecular formula is C28H34N2O4. The number of amides is 1. The molecule has 0 aliphatic heterocycles. The van der Waals surface area contributed by atoms with Gasteiger partial charge in [0.1, 0.15) is 30.5 Å². The van der Waals surface area contributed by atoms with Crippen molar-refractivity contribution in [2.45, 2.75) is 32.6 Å². The Labute approximate surface area is 202 Å². The van der Waals surface area contributed by atoms with E-state index in [-0.39, 0.29) is 12.5 Å². The van der Waals surface area contributed by atoms with Gasteiger partial charge in [-0.15, -0.1) is 0 Å². The van der Waals surface area contributed by atoms with Gasteiger partial charge in [-0.1, -0.05) is 62.6 Å². The Morgan fingerprint density at radius 3 is 2.32 bits per heavy atom. The zero-order valence-electron chi connectivity index (χ0n) is 19.8. The third-order valence-electron chi connectivity index (χ3n) is 5.07. The lowest BCUT2D eigenvalue weighted by Gasteiger charge is -2.14. The van der Waals surface area contributed by atoms with Crippen molar-refractivity contribution in [1.29, 1.82) is 0 Å². The largest absolute Gasteiger partial charge is 0.494 e. The van der Waals surface area contributed by atoms with Gasteiger partial charge in [-0.3, -0.25) is 4.79 Å². The Kier molecular flexibility index (Phi) is 10.6. The Morgan fingerprint density at radius 1 is 0.735 bits per heavy atom. The Morgan fingerprint density at radius 2 is 1.47 bits per heavy atom. The first-order chi connectivity index (χ1) is 16.7. The Hall–Kier alpha value is -3.67. The molecule has 0 saturated carbocycles. The van der Waals surface area contributed by atoms with E-state index in [0.717, 1.165) is 23.6 Å². The van der Waals surface area contributed by atoms with E-state index in [1.54, 1.807) is 0 Å². The lowest BCUT2D eigenvalue weighted by Crippen LogP contribution is -2.22. The maximum atomic E-state index is 12.5. The number of benzene rings is 3. The molecule has 0 atom stereocenters. The van der Waals surface area contributed by atoms with E-state index < -0.39 is 0 Å². The number of carbonyl (C=O) groups excluding carboxylic acids is 1. The number of rotatable bonds is 15. The molecule has 6 nitrogen and oxygen atoms in total. The second-order valence-corrected chi connectivity index (χ2v) is 7.84. The van der Waals surface area contributed by atoms with Crippen LogP contribution >= 0.6 is 0 Å². The van der Waals surface area contributed by atoms with E-state index in [0.29, 0.717) is 31.3 Å². The van der Waals surface area contributed by atoms with Crippen LogP contribution in [0, 0.1) is 0 Å². The molecule has 0 fully saturated rings. The molecular weight excluding hydrogens is 428 g/mol. The quantitative estimate of drug-likeness (QED) is 0.265. The van der Waals surface area contributed by atoms with Crippen molar-refractivity contribution in [3.8, 4) is 17.2 Å². The zero-order valence-corrected chi connectivity index (χ0v) is 19.8. The number of unbranched alkanes of at least 4 members (excludes halogenated alkanes) is 3. The summed E-state index contributed by atoms with van der Waals surface area (Å²) in [5, 5.41) is 6.06. The van der Waals surface area contributed by atoms with Crippen LogP contribution in [0.15, 0.2) is 78.9 Å². The van der Waals surface area contributed by atoms with Crippen molar-refractivity contribution >= 4 is 17.3 Å². The van der Waals surface area contributed by atoms with Gasteiger partial charge in [-0.05, 0) is 42.8 Å². The minimum Gasteiger partial charge on any atom is -0.494 e. The van der Waals surface area contributed by atoms with Crippen molar-refractivity contribution in [2.24, 2.45) is 0 Å². The van der Waals surface area contributed by atoms with Gasteiger partial charge >= 0.3 is 0 Å². The van der Waals surface area contributed by atoms with E-state index in [1.807, 2.05) is 78.9 Å². The first-order valence-corrected chi connectivity index (χ1v) is 11.9. The number of ether oxygens (including phenoxy) is 3. The van der Waals surface area contributed by atoms with Crippen LogP contribution in [0.3, 0.4) is 0 Å². The molecule has 3 rings (SSSR count). The van der Waals surface area contributed by atoms with Gasteiger partial charge in [0.2, 0.25) is 5.91 Å². The monoisotopic (exact) mass is 462 g/mol. The third-order valence-corrected chi connectivity index (χ3v) is 5.07. The summed E-state index contributed by atoms with van der Waals surface area (Å²) in [7, 11) is 0. The molecule has 0 unspecified atom stereocenters. The molecule has 0 saturated heterocycles. The van der Waals surface area contributed by atoms with Crippen LogP contribution in [0.2, 0.25) is 0 Å². The smallest absolute Gasteiger partial charge is 0.243 e. The molecule has 0 aromatic heterocycles. The molecule has 0 heterocycles. The van der Waals surface area contributed by atoms with Gasteiger partial charge in [0.15, 0.2) is 0 Å². The van der Waals surface area contributed by atoms with Crippen molar-refractivity contribution in [1.82, 2.24) is 0 Å². The summed E-state index contributed by atoms with van der Waals surface area (Å²) in [5.74, 6) is 2.04. The number of para-hydroxylation sites is 3. The lowest BCUT2D eigenvalue weighted by molar-refractivity contribution is -0.114. The summed E-state index contributed by atoms with van der Waals surface area (Å²) in [6, 6.07) is 24.6. The van der Waals surface area contributed by atoms with E-state index in [4.69, 9.17) is 14.2 Å². The van der Waals surface area contributed by atoms with Crippen LogP contribution in [-0.4, -0.2) is 32.3 Å². The Balaban J connectivity index is 1.42. The van der Waals surface area contributed by atoms with Crippen molar-refractivity contribution in [3.63, 3.8) is 0 Å². The summed E-state index contributed by atoms with van der Waals surface area (Å²) < 4.78 is 17.3. The van der Waals surface area contributed by atoms with E-state index in [9.17, 15) is 4.79 Å². The standard InChI is InChI=1S/C28H34N2O4/c1-2-3-4-10-18-32-25-15-11-12-23(21-25)29-22-28(31)30-26-16-8-9-17-27(26)34-20-19-33-24-13-6-5-7-14-24/h5-9,11-17,21,29H,2-4,10,18-20,22H2,1H3,(H,30,31). The summed E-state index contributed by atoms with van der Waals surface area (Å²) in [5.41, 5.74) is 1.46. The molecule has 0 aliphatic rings. The highest BCUT2D eigenvalue weighted by Gasteiger charge is 2.08. The molecule has 0 aliphatic carbocycles. The normalized spacial score (nSPS) is 10.4. The Bertz CT molecular complexity index is 994. The number of anilines is 2. The topological polar surface area (TPSA) is 68.8 Å². The molecule has 180 valence electrons. The fourth-order valence-electron chi connectivity index (χ4n) is 3.32. The van der Waals surface area contributed by atoms with Crippen LogP contribution < -0.4 is 24.8 Å². The average molecular weight is 463 g/mol. The molecule has 0 spiro atoms. The molecule has 3 aromatic rings. The second kappa shape index (κ2) is 14.5. The summed E-state index contributed by atoms with van der Waals surface area (Å²) in [4.78, 5) is 12.5. The van der Waals surface area contributed by atoms with Crippen LogP contribution in [0.1, 0.15) is 32.6 Å². The van der Waals surface area contributed by atoms with Crippen LogP contribution in [0.25, 0.3) is 0 Å². The van der Waals surface area contributed by atoms with Crippen molar-refractivity contribution < 1.29 is 19.0 Å². The number of hydrogen-bond donors (Lipinski definition) is 2. The number of nitrogens with one attached hydrogen (secondary N) is 2. The number of carbonyl (C=O) groups is 1. The SMILES string of the molecule is CCCCCCOc1cccc(NCC(=O)Nc2ccccc2OCCOc2ccccc2)c1. The number of hydrogen-bond acceptors (Lipinski definition) is 5. The van der Waals surface area contributed by atoms with Gasteiger partial charge in [0.25, 0.3) is 0 Å².